The summed E-state index contributed by atoms with van der Waals surface area (Å²) in [5, 5.41) is 3.93. The lowest BCUT2D eigenvalue weighted by Crippen LogP contribution is -2.52. The zero-order chi connectivity index (χ0) is 18.1. The second kappa shape index (κ2) is 6.67. The molecule has 2 aromatic carbocycles. The van der Waals surface area contributed by atoms with Gasteiger partial charge < -0.3 is 15.2 Å². The number of hydrogen-bond donors (Lipinski definition) is 2. The number of aryl methyl sites for hydroxylation is 1. The van der Waals surface area contributed by atoms with Gasteiger partial charge in [-0.05, 0) is 24.1 Å². The first-order valence-corrected chi connectivity index (χ1v) is 8.82. The summed E-state index contributed by atoms with van der Waals surface area (Å²) in [6.07, 6.45) is 2.16. The molecule has 1 unspecified atom stereocenters. The van der Waals surface area contributed by atoms with Crippen LogP contribution in [0.4, 0.5) is 0 Å². The predicted octanol–water partition coefficient (Wildman–Crippen LogP) is 2.72. The van der Waals surface area contributed by atoms with E-state index in [4.69, 9.17) is 0 Å². The summed E-state index contributed by atoms with van der Waals surface area (Å²) in [4.78, 5) is 30.4. The summed E-state index contributed by atoms with van der Waals surface area (Å²) in [6, 6.07) is 15.2. The number of hydrogen-bond acceptors (Lipinski definition) is 2. The van der Waals surface area contributed by atoms with Gasteiger partial charge in [0.25, 0.3) is 0 Å². The molecule has 4 rings (SSSR count). The van der Waals surface area contributed by atoms with Crippen LogP contribution >= 0.6 is 0 Å². The SMILES string of the molecule is Cc1ccc(C2C(=O)NCCN2C(=O)Cc2c[nH]c3ccccc23)cc1. The number of fused-ring (bicyclic) bond motifs is 1. The van der Waals surface area contributed by atoms with Crippen molar-refractivity contribution in [1.82, 2.24) is 15.2 Å². The lowest BCUT2D eigenvalue weighted by Gasteiger charge is -2.35. The van der Waals surface area contributed by atoms with E-state index in [-0.39, 0.29) is 18.2 Å². The topological polar surface area (TPSA) is 65.2 Å². The van der Waals surface area contributed by atoms with Gasteiger partial charge in [-0.25, -0.2) is 0 Å². The molecule has 1 aromatic heterocycles. The van der Waals surface area contributed by atoms with Crippen LogP contribution in [-0.4, -0.2) is 34.8 Å². The number of nitrogens with one attached hydrogen (secondary N) is 2. The number of carbonyl (C=O) groups excluding carboxylic acids is 2. The van der Waals surface area contributed by atoms with Gasteiger partial charge >= 0.3 is 0 Å². The number of amides is 2. The van der Waals surface area contributed by atoms with Gasteiger partial charge in [0.1, 0.15) is 6.04 Å². The molecule has 2 amide bonds. The number of H-pyrrole nitrogens is 1. The number of piperazine rings is 1. The molecule has 0 radical (unpaired) electrons. The Bertz CT molecular complexity index is 959. The molecule has 1 fully saturated rings. The number of para-hydroxylation sites is 1. The van der Waals surface area contributed by atoms with Crippen LogP contribution in [0.1, 0.15) is 22.7 Å². The minimum Gasteiger partial charge on any atom is -0.361 e. The highest BCUT2D eigenvalue weighted by Crippen LogP contribution is 2.26. The van der Waals surface area contributed by atoms with Crippen molar-refractivity contribution in [2.75, 3.05) is 13.1 Å². The zero-order valence-electron chi connectivity index (χ0n) is 14.7. The lowest BCUT2D eigenvalue weighted by atomic mass is 10.00. The van der Waals surface area contributed by atoms with E-state index < -0.39 is 6.04 Å². The van der Waals surface area contributed by atoms with Crippen molar-refractivity contribution in [3.05, 3.63) is 71.4 Å². The molecule has 3 aromatic rings. The van der Waals surface area contributed by atoms with Crippen LogP contribution in [0.3, 0.4) is 0 Å². The standard InChI is InChI=1S/C21H21N3O2/c1-14-6-8-15(9-7-14)20-21(26)22-10-11-24(20)19(25)12-16-13-23-18-5-3-2-4-17(16)18/h2-9,13,20,23H,10-12H2,1H3,(H,22,26). The Kier molecular flexibility index (Phi) is 4.21. The van der Waals surface area contributed by atoms with Gasteiger partial charge in [-0.2, -0.15) is 0 Å². The van der Waals surface area contributed by atoms with Gasteiger partial charge in [0, 0.05) is 30.2 Å². The highest BCUT2D eigenvalue weighted by atomic mass is 16.2. The maximum Gasteiger partial charge on any atom is 0.247 e. The van der Waals surface area contributed by atoms with E-state index in [1.807, 2.05) is 61.7 Å². The van der Waals surface area contributed by atoms with Gasteiger partial charge in [0.2, 0.25) is 11.8 Å². The minimum atomic E-state index is -0.568. The second-order valence-electron chi connectivity index (χ2n) is 6.73. The summed E-state index contributed by atoms with van der Waals surface area (Å²) in [5.41, 5.74) is 3.95. The summed E-state index contributed by atoms with van der Waals surface area (Å²) >= 11 is 0. The summed E-state index contributed by atoms with van der Waals surface area (Å²) in [5.74, 6) is -0.150. The number of rotatable bonds is 3. The summed E-state index contributed by atoms with van der Waals surface area (Å²) < 4.78 is 0. The van der Waals surface area contributed by atoms with Crippen molar-refractivity contribution in [3.63, 3.8) is 0 Å². The fraction of sp³-hybridized carbons (Fsp3) is 0.238. The van der Waals surface area contributed by atoms with Crippen LogP contribution in [0.15, 0.2) is 54.7 Å². The Morgan fingerprint density at radius 1 is 1.15 bits per heavy atom. The molecule has 1 aliphatic rings. The average molecular weight is 347 g/mol. The third-order valence-electron chi connectivity index (χ3n) is 4.94. The Morgan fingerprint density at radius 2 is 1.92 bits per heavy atom. The highest BCUT2D eigenvalue weighted by molar-refractivity contribution is 5.93. The molecular weight excluding hydrogens is 326 g/mol. The van der Waals surface area contributed by atoms with Crippen molar-refractivity contribution in [2.45, 2.75) is 19.4 Å². The molecule has 1 aliphatic heterocycles. The lowest BCUT2D eigenvalue weighted by molar-refractivity contribution is -0.143. The van der Waals surface area contributed by atoms with Crippen molar-refractivity contribution in [2.24, 2.45) is 0 Å². The first-order chi connectivity index (χ1) is 12.6. The molecule has 0 saturated carbocycles. The fourth-order valence-corrected chi connectivity index (χ4v) is 3.56. The number of aromatic amines is 1. The van der Waals surface area contributed by atoms with Crippen molar-refractivity contribution in [1.29, 1.82) is 0 Å². The zero-order valence-corrected chi connectivity index (χ0v) is 14.7. The highest BCUT2D eigenvalue weighted by Gasteiger charge is 2.34. The normalized spacial score (nSPS) is 17.3. The van der Waals surface area contributed by atoms with E-state index in [2.05, 4.69) is 10.3 Å². The fourth-order valence-electron chi connectivity index (χ4n) is 3.56. The second-order valence-corrected chi connectivity index (χ2v) is 6.73. The molecule has 132 valence electrons. The van der Waals surface area contributed by atoms with Crippen molar-refractivity contribution >= 4 is 22.7 Å². The van der Waals surface area contributed by atoms with Crippen molar-refractivity contribution < 1.29 is 9.59 Å². The molecule has 1 atom stereocenters. The molecule has 2 heterocycles. The number of carbonyl (C=O) groups is 2. The van der Waals surface area contributed by atoms with E-state index in [0.717, 1.165) is 27.6 Å². The first-order valence-electron chi connectivity index (χ1n) is 8.82. The Labute approximate surface area is 152 Å². The molecule has 1 saturated heterocycles. The molecule has 2 N–H and O–H groups in total. The molecule has 5 heteroatoms. The van der Waals surface area contributed by atoms with Crippen LogP contribution in [0, 0.1) is 6.92 Å². The first kappa shape index (κ1) is 16.4. The smallest absolute Gasteiger partial charge is 0.247 e. The third kappa shape index (κ3) is 2.96. The summed E-state index contributed by atoms with van der Waals surface area (Å²) in [6.45, 7) is 3.01. The van der Waals surface area contributed by atoms with Crippen LogP contribution in [0.2, 0.25) is 0 Å². The van der Waals surface area contributed by atoms with Crippen molar-refractivity contribution in [3.8, 4) is 0 Å². The number of aromatic nitrogens is 1. The molecule has 0 bridgehead atoms. The average Bonchev–Trinajstić information content (AvgIpc) is 3.05. The van der Waals surface area contributed by atoms with E-state index >= 15 is 0 Å². The van der Waals surface area contributed by atoms with Crippen LogP contribution in [0.5, 0.6) is 0 Å². The summed E-state index contributed by atoms with van der Waals surface area (Å²) in [7, 11) is 0. The van der Waals surface area contributed by atoms with Crippen LogP contribution < -0.4 is 5.32 Å². The third-order valence-corrected chi connectivity index (χ3v) is 4.94. The molecule has 26 heavy (non-hydrogen) atoms. The van der Waals surface area contributed by atoms with Gasteiger partial charge in [-0.3, -0.25) is 9.59 Å². The molecule has 0 aliphatic carbocycles. The van der Waals surface area contributed by atoms with E-state index in [1.165, 1.54) is 0 Å². The van der Waals surface area contributed by atoms with Gasteiger partial charge in [0.05, 0.1) is 6.42 Å². The minimum absolute atomic E-state index is 0.0322. The van der Waals surface area contributed by atoms with Crippen LogP contribution in [-0.2, 0) is 16.0 Å². The van der Waals surface area contributed by atoms with Gasteiger partial charge in [-0.1, -0.05) is 48.0 Å². The Hall–Kier alpha value is -3.08. The quantitative estimate of drug-likeness (QED) is 0.765. The van der Waals surface area contributed by atoms with E-state index in [1.54, 1.807) is 4.90 Å². The largest absolute Gasteiger partial charge is 0.361 e. The van der Waals surface area contributed by atoms with Gasteiger partial charge in [-0.15, -0.1) is 0 Å². The van der Waals surface area contributed by atoms with Crippen LogP contribution in [0.25, 0.3) is 10.9 Å². The number of benzene rings is 2. The molecule has 0 spiro atoms. The van der Waals surface area contributed by atoms with Gasteiger partial charge in [0.15, 0.2) is 0 Å². The molecule has 5 nitrogen and oxygen atoms in total. The Balaban J connectivity index is 1.62. The van der Waals surface area contributed by atoms with E-state index in [9.17, 15) is 9.59 Å². The molecular formula is C21H21N3O2. The maximum atomic E-state index is 13.0. The predicted molar refractivity (Wildman–Crippen MR) is 101 cm³/mol. The maximum absolute atomic E-state index is 13.0. The number of nitrogens with zero attached hydrogens (tertiary/aromatic N) is 1. The Morgan fingerprint density at radius 3 is 2.73 bits per heavy atom. The van der Waals surface area contributed by atoms with E-state index in [0.29, 0.717) is 13.1 Å². The monoisotopic (exact) mass is 347 g/mol.